The molecule has 3 aliphatic rings. The van der Waals surface area contributed by atoms with Crippen LogP contribution in [0.1, 0.15) is 44.9 Å². The largest absolute Gasteiger partial charge is 0.490 e. The molecule has 12 heteroatoms. The summed E-state index contributed by atoms with van der Waals surface area (Å²) >= 11 is 29.1. The van der Waals surface area contributed by atoms with E-state index in [9.17, 15) is 13.2 Å². The molecule has 0 aromatic heterocycles. The van der Waals surface area contributed by atoms with E-state index in [2.05, 4.69) is 9.62 Å². The number of ether oxygens (including phenoxy) is 1. The molecular weight excluding hydrogens is 586 g/mol. The minimum Gasteiger partial charge on any atom is -0.490 e. The summed E-state index contributed by atoms with van der Waals surface area (Å²) in [4.78, 5) is 15.2. The van der Waals surface area contributed by atoms with Gasteiger partial charge in [0.2, 0.25) is 5.91 Å². The fourth-order valence-corrected chi connectivity index (χ4v) is 7.40. The van der Waals surface area contributed by atoms with Crippen LogP contribution in [0.5, 0.6) is 5.75 Å². The van der Waals surface area contributed by atoms with Gasteiger partial charge < -0.3 is 9.64 Å². The second-order valence-electron chi connectivity index (χ2n) is 9.27. The maximum absolute atomic E-state index is 12.8. The Hall–Kier alpha value is -0.870. The van der Waals surface area contributed by atoms with E-state index >= 15 is 0 Å². The molecule has 2 fully saturated rings. The average molecular weight is 612 g/mol. The van der Waals surface area contributed by atoms with E-state index in [0.717, 1.165) is 44.5 Å². The summed E-state index contributed by atoms with van der Waals surface area (Å²) in [5, 5.41) is 1.38. The van der Waals surface area contributed by atoms with Crippen molar-refractivity contribution in [3.8, 4) is 5.75 Å². The van der Waals surface area contributed by atoms with Crippen LogP contribution in [0.15, 0.2) is 39.2 Å². The number of piperidine rings is 1. The highest BCUT2D eigenvalue weighted by Gasteiger charge is 2.35. The van der Waals surface area contributed by atoms with Crippen molar-refractivity contribution in [3.63, 3.8) is 0 Å². The highest BCUT2D eigenvalue weighted by atomic mass is 35.5. The van der Waals surface area contributed by atoms with Crippen molar-refractivity contribution in [2.75, 3.05) is 13.1 Å². The van der Waals surface area contributed by atoms with Gasteiger partial charge in [0.15, 0.2) is 0 Å². The quantitative estimate of drug-likeness (QED) is 0.387. The molecule has 6 nitrogen and oxygen atoms in total. The number of amides is 1. The van der Waals surface area contributed by atoms with Crippen LogP contribution < -0.4 is 9.46 Å². The average Bonchev–Trinajstić information content (AvgIpc) is 2.84. The Morgan fingerprint density at radius 2 is 1.67 bits per heavy atom. The summed E-state index contributed by atoms with van der Waals surface area (Å²) in [6.07, 6.45) is 6.11. The van der Waals surface area contributed by atoms with Gasteiger partial charge in [-0.15, -0.1) is 0 Å². The molecule has 0 unspecified atom stereocenters. The van der Waals surface area contributed by atoms with Gasteiger partial charge in [0.05, 0.1) is 15.1 Å². The van der Waals surface area contributed by atoms with Crippen molar-refractivity contribution >= 4 is 79.4 Å². The Morgan fingerprint density at radius 1 is 1.00 bits per heavy atom. The first-order valence-electron chi connectivity index (χ1n) is 11.7. The topological polar surface area (TPSA) is 75.7 Å². The smallest absolute Gasteiger partial charge is 0.265 e. The Morgan fingerprint density at radius 3 is 2.31 bits per heavy atom. The number of hydrogen-bond acceptors (Lipinski definition) is 6. The number of halogens is 4. The van der Waals surface area contributed by atoms with E-state index in [0.29, 0.717) is 28.9 Å². The SMILES string of the molecule is O=C(NS(=O)(=O)C1=CC(Cl)=C(Cl)CC1=S)C1CCC(N2CCC(Oc3ccc(Cl)c(Cl)c3)CC2)CC1. The third kappa shape index (κ3) is 6.76. The monoisotopic (exact) mass is 610 g/mol. The van der Waals surface area contributed by atoms with Crippen molar-refractivity contribution in [1.29, 1.82) is 0 Å². The van der Waals surface area contributed by atoms with Crippen LogP contribution in [0.3, 0.4) is 0 Å². The molecule has 4 rings (SSSR count). The highest BCUT2D eigenvalue weighted by molar-refractivity contribution is 7.97. The minimum absolute atomic E-state index is 0.0664. The molecule has 2 aliphatic carbocycles. The number of likely N-dealkylation sites (tertiary alicyclic amines) is 1. The van der Waals surface area contributed by atoms with Crippen LogP contribution in [0.25, 0.3) is 0 Å². The first-order chi connectivity index (χ1) is 17.0. The Kier molecular flexibility index (Phi) is 9.30. The molecule has 0 radical (unpaired) electrons. The molecule has 1 aliphatic heterocycles. The van der Waals surface area contributed by atoms with E-state index in [-0.39, 0.29) is 38.3 Å². The lowest BCUT2D eigenvalue weighted by Crippen LogP contribution is -2.47. The number of nitrogens with one attached hydrogen (secondary N) is 1. The summed E-state index contributed by atoms with van der Waals surface area (Å²) in [6.45, 7) is 1.81. The summed E-state index contributed by atoms with van der Waals surface area (Å²) in [5.74, 6) is -0.142. The van der Waals surface area contributed by atoms with Crippen LogP contribution >= 0.6 is 58.6 Å². The number of hydrogen-bond donors (Lipinski definition) is 1. The number of rotatable bonds is 6. The van der Waals surface area contributed by atoms with Crippen LogP contribution in [0.4, 0.5) is 0 Å². The summed E-state index contributed by atoms with van der Waals surface area (Å²) in [7, 11) is -4.11. The van der Waals surface area contributed by atoms with Gasteiger partial charge >= 0.3 is 0 Å². The molecule has 196 valence electrons. The number of allylic oxidation sites excluding steroid dienone is 4. The van der Waals surface area contributed by atoms with E-state index in [1.54, 1.807) is 12.1 Å². The van der Waals surface area contributed by atoms with Crippen LogP contribution in [-0.2, 0) is 14.8 Å². The van der Waals surface area contributed by atoms with Gasteiger partial charge in [-0.25, -0.2) is 13.1 Å². The summed E-state index contributed by atoms with van der Waals surface area (Å²) < 4.78 is 33.8. The number of carbonyl (C=O) groups excluding carboxylic acids is 1. The van der Waals surface area contributed by atoms with Crippen molar-refractivity contribution in [3.05, 3.63) is 49.3 Å². The molecule has 0 spiro atoms. The zero-order valence-electron chi connectivity index (χ0n) is 19.3. The van der Waals surface area contributed by atoms with Crippen LogP contribution in [0.2, 0.25) is 10.0 Å². The standard InChI is InChI=1S/C24H26Cl4N2O4S2/c25-18-6-5-17(11-19(18)26)34-16-7-9-30(10-8-16)15-3-1-14(2-4-15)24(31)29-36(32,33)23-13-21(28)20(27)12-22(23)35/h5-6,11,13-16H,1-4,7-10,12H2,(H,29,31). The number of carbonyl (C=O) groups is 1. The molecule has 0 bridgehead atoms. The fourth-order valence-electron chi connectivity index (χ4n) is 4.89. The summed E-state index contributed by atoms with van der Waals surface area (Å²) in [5.41, 5.74) is 0. The molecule has 1 amide bonds. The van der Waals surface area contributed by atoms with Crippen LogP contribution in [0, 0.1) is 5.92 Å². The molecule has 1 N–H and O–H groups in total. The van der Waals surface area contributed by atoms with Crippen molar-refractivity contribution < 1.29 is 17.9 Å². The van der Waals surface area contributed by atoms with E-state index < -0.39 is 15.9 Å². The maximum atomic E-state index is 12.8. The Balaban J connectivity index is 1.25. The van der Waals surface area contributed by atoms with Gasteiger partial charge in [-0.2, -0.15) is 0 Å². The minimum atomic E-state index is -4.11. The molecule has 1 aromatic carbocycles. The molecular formula is C24H26Cl4N2O4S2. The Labute approximate surface area is 237 Å². The van der Waals surface area contributed by atoms with Crippen LogP contribution in [-0.4, -0.2) is 49.3 Å². The van der Waals surface area contributed by atoms with E-state index in [4.69, 9.17) is 63.4 Å². The third-order valence-electron chi connectivity index (χ3n) is 6.89. The molecule has 1 saturated carbocycles. The third-order valence-corrected chi connectivity index (χ3v) is 10.3. The number of thiocarbonyl (C=S) groups is 1. The van der Waals surface area contributed by atoms with Gasteiger partial charge in [0.25, 0.3) is 10.0 Å². The lowest BCUT2D eigenvalue weighted by Gasteiger charge is -2.40. The van der Waals surface area contributed by atoms with E-state index in [1.165, 1.54) is 6.08 Å². The number of benzene rings is 1. The highest BCUT2D eigenvalue weighted by Crippen LogP contribution is 2.33. The van der Waals surface area contributed by atoms with Crippen molar-refractivity contribution in [2.24, 2.45) is 5.92 Å². The maximum Gasteiger partial charge on any atom is 0.265 e. The van der Waals surface area contributed by atoms with Gasteiger partial charge in [-0.3, -0.25) is 4.79 Å². The first-order valence-corrected chi connectivity index (χ1v) is 15.2. The van der Waals surface area contributed by atoms with Gasteiger partial charge in [-0.1, -0.05) is 58.6 Å². The zero-order chi connectivity index (χ0) is 26.0. The normalized spacial score (nSPS) is 24.4. The molecule has 1 aromatic rings. The molecule has 36 heavy (non-hydrogen) atoms. The molecule has 0 atom stereocenters. The fraction of sp³-hybridized carbons (Fsp3) is 0.500. The second-order valence-corrected chi connectivity index (χ2v) is 13.1. The second kappa shape index (κ2) is 11.9. The molecule has 1 heterocycles. The van der Waals surface area contributed by atoms with Gasteiger partial charge in [0.1, 0.15) is 16.8 Å². The zero-order valence-corrected chi connectivity index (χ0v) is 24.0. The Bertz CT molecular complexity index is 1200. The van der Waals surface area contributed by atoms with E-state index in [1.807, 2.05) is 6.07 Å². The van der Waals surface area contributed by atoms with Gasteiger partial charge in [-0.05, 0) is 56.7 Å². The van der Waals surface area contributed by atoms with Crippen molar-refractivity contribution in [2.45, 2.75) is 57.1 Å². The first kappa shape index (κ1) is 28.1. The number of sulfonamides is 1. The van der Waals surface area contributed by atoms with Crippen molar-refractivity contribution in [1.82, 2.24) is 9.62 Å². The predicted octanol–water partition coefficient (Wildman–Crippen LogP) is 6.19. The lowest BCUT2D eigenvalue weighted by atomic mass is 9.84. The lowest BCUT2D eigenvalue weighted by molar-refractivity contribution is -0.124. The van der Waals surface area contributed by atoms with Gasteiger partial charge in [0, 0.05) is 47.4 Å². The predicted molar refractivity (Wildman–Crippen MR) is 149 cm³/mol. The molecule has 1 saturated heterocycles. The summed E-state index contributed by atoms with van der Waals surface area (Å²) in [6, 6.07) is 5.67. The number of nitrogens with zero attached hydrogens (tertiary/aromatic N) is 1.